The molecule has 0 rings (SSSR count). The molecule has 7 heteroatoms. The van der Waals surface area contributed by atoms with Gasteiger partial charge in [0.15, 0.2) is 6.10 Å². The first-order valence-electron chi connectivity index (χ1n) is 6.06. The summed E-state index contributed by atoms with van der Waals surface area (Å²) in [4.78, 5) is 11.4. The van der Waals surface area contributed by atoms with Crippen molar-refractivity contribution in [1.29, 1.82) is 0 Å². The molecule has 0 unspecified atom stereocenters. The number of aliphatic hydroxyl groups is 5. The smallest absolute Gasteiger partial charge is 0.251 e. The zero-order valence-corrected chi connectivity index (χ0v) is 10.5. The largest absolute Gasteiger partial charge is 0.394 e. The van der Waals surface area contributed by atoms with Gasteiger partial charge in [-0.1, -0.05) is 19.8 Å². The van der Waals surface area contributed by atoms with Gasteiger partial charge in [0.25, 0.3) is 5.91 Å². The van der Waals surface area contributed by atoms with Crippen molar-refractivity contribution < 1.29 is 30.3 Å². The summed E-state index contributed by atoms with van der Waals surface area (Å²) in [5, 5.41) is 48.2. The zero-order chi connectivity index (χ0) is 14.1. The summed E-state index contributed by atoms with van der Waals surface area (Å²) in [6.45, 7) is 1.60. The molecule has 7 nitrogen and oxygen atoms in total. The van der Waals surface area contributed by atoms with E-state index in [-0.39, 0.29) is 0 Å². The molecule has 0 aromatic heterocycles. The maximum Gasteiger partial charge on any atom is 0.251 e. The van der Waals surface area contributed by atoms with Crippen molar-refractivity contribution in [3.05, 3.63) is 0 Å². The Morgan fingerprint density at radius 3 is 2.22 bits per heavy atom. The van der Waals surface area contributed by atoms with Crippen LogP contribution in [-0.2, 0) is 4.79 Å². The predicted octanol–water partition coefficient (Wildman–Crippen LogP) is -2.27. The molecule has 18 heavy (non-hydrogen) atoms. The molecule has 0 heterocycles. The van der Waals surface area contributed by atoms with E-state index >= 15 is 0 Å². The predicted molar refractivity (Wildman–Crippen MR) is 63.6 cm³/mol. The average molecular weight is 265 g/mol. The number of carbonyl (C=O) groups excluding carboxylic acids is 1. The van der Waals surface area contributed by atoms with Gasteiger partial charge >= 0.3 is 0 Å². The topological polar surface area (TPSA) is 130 Å². The van der Waals surface area contributed by atoms with Gasteiger partial charge in [-0.3, -0.25) is 4.79 Å². The van der Waals surface area contributed by atoms with Crippen molar-refractivity contribution in [2.45, 2.75) is 50.6 Å². The van der Waals surface area contributed by atoms with Gasteiger partial charge in [0.05, 0.1) is 6.61 Å². The first-order chi connectivity index (χ1) is 8.45. The lowest BCUT2D eigenvalue weighted by molar-refractivity contribution is -0.148. The minimum atomic E-state index is -1.85. The third kappa shape index (κ3) is 5.74. The van der Waals surface area contributed by atoms with E-state index in [0.717, 1.165) is 19.3 Å². The Labute approximate surface area is 106 Å². The van der Waals surface area contributed by atoms with Crippen molar-refractivity contribution >= 4 is 5.91 Å². The second-order valence-corrected chi connectivity index (χ2v) is 4.17. The fraction of sp³-hybridized carbons (Fsp3) is 0.909. The molecular formula is C11H23NO6. The lowest BCUT2D eigenvalue weighted by Crippen LogP contribution is -2.51. The molecular weight excluding hydrogens is 242 g/mol. The van der Waals surface area contributed by atoms with Crippen LogP contribution in [0.5, 0.6) is 0 Å². The van der Waals surface area contributed by atoms with Crippen molar-refractivity contribution in [2.75, 3.05) is 13.2 Å². The molecule has 1 amide bonds. The minimum absolute atomic E-state index is 0.370. The summed E-state index contributed by atoms with van der Waals surface area (Å²) in [6.07, 6.45) is -4.41. The molecule has 0 saturated carbocycles. The van der Waals surface area contributed by atoms with Gasteiger partial charge < -0.3 is 30.8 Å². The van der Waals surface area contributed by atoms with Crippen LogP contribution in [0.3, 0.4) is 0 Å². The number of hydrogen-bond donors (Lipinski definition) is 6. The summed E-state index contributed by atoms with van der Waals surface area (Å²) in [7, 11) is 0. The highest BCUT2D eigenvalue weighted by Gasteiger charge is 2.33. The lowest BCUT2D eigenvalue weighted by atomic mass is 10.0. The fourth-order valence-electron chi connectivity index (χ4n) is 1.37. The van der Waals surface area contributed by atoms with Crippen molar-refractivity contribution in [1.82, 2.24) is 5.32 Å². The third-order valence-electron chi connectivity index (χ3n) is 2.60. The standard InChI is InChI=1S/C11H23NO6/c1-2-3-4-5-12-11(18)10(17)9(16)8(15)7(14)6-13/h7-10,13-17H,2-6H2,1H3,(H,12,18)/t7-,8-,9+,10-/m1/s1. The summed E-state index contributed by atoms with van der Waals surface area (Å²) < 4.78 is 0. The number of hydrogen-bond acceptors (Lipinski definition) is 6. The van der Waals surface area contributed by atoms with Crippen LogP contribution in [0.1, 0.15) is 26.2 Å². The third-order valence-corrected chi connectivity index (χ3v) is 2.60. The van der Waals surface area contributed by atoms with E-state index in [1.54, 1.807) is 0 Å². The van der Waals surface area contributed by atoms with Crippen molar-refractivity contribution in [3.63, 3.8) is 0 Å². The summed E-state index contributed by atoms with van der Waals surface area (Å²) in [5.41, 5.74) is 0. The molecule has 4 atom stereocenters. The normalized spacial score (nSPS) is 17.9. The van der Waals surface area contributed by atoms with Crippen LogP contribution in [0.4, 0.5) is 0 Å². The molecule has 6 N–H and O–H groups in total. The van der Waals surface area contributed by atoms with Gasteiger partial charge in [-0.05, 0) is 6.42 Å². The molecule has 0 saturated heterocycles. The number of carbonyl (C=O) groups is 1. The Kier molecular flexibility index (Phi) is 8.86. The summed E-state index contributed by atoms with van der Waals surface area (Å²) >= 11 is 0. The second kappa shape index (κ2) is 9.23. The van der Waals surface area contributed by atoms with E-state index in [9.17, 15) is 20.1 Å². The van der Waals surface area contributed by atoms with Crippen LogP contribution >= 0.6 is 0 Å². The van der Waals surface area contributed by atoms with E-state index in [4.69, 9.17) is 10.2 Å². The Balaban J connectivity index is 4.11. The molecule has 0 bridgehead atoms. The molecule has 0 aliphatic heterocycles. The first kappa shape index (κ1) is 17.3. The van der Waals surface area contributed by atoms with Gasteiger partial charge in [0, 0.05) is 6.54 Å². The monoisotopic (exact) mass is 265 g/mol. The Morgan fingerprint density at radius 2 is 1.72 bits per heavy atom. The molecule has 0 spiro atoms. The lowest BCUT2D eigenvalue weighted by Gasteiger charge is -2.24. The van der Waals surface area contributed by atoms with E-state index < -0.39 is 36.9 Å². The number of nitrogens with one attached hydrogen (secondary N) is 1. The Morgan fingerprint density at radius 1 is 1.11 bits per heavy atom. The van der Waals surface area contributed by atoms with E-state index in [1.165, 1.54) is 0 Å². The van der Waals surface area contributed by atoms with Crippen molar-refractivity contribution in [3.8, 4) is 0 Å². The SMILES string of the molecule is CCCCCNC(=O)[C@H](O)[C@@H](O)[C@H](O)[C@H](O)CO. The quantitative estimate of drug-likeness (QED) is 0.261. The van der Waals surface area contributed by atoms with Crippen LogP contribution in [-0.4, -0.2) is 69.0 Å². The molecule has 0 aliphatic carbocycles. The molecule has 0 fully saturated rings. The van der Waals surface area contributed by atoms with Crippen LogP contribution in [0.25, 0.3) is 0 Å². The first-order valence-corrected chi connectivity index (χ1v) is 6.06. The number of aliphatic hydroxyl groups excluding tert-OH is 5. The van der Waals surface area contributed by atoms with Crippen LogP contribution in [0, 0.1) is 0 Å². The highest BCUT2D eigenvalue weighted by molar-refractivity contribution is 5.81. The Hall–Kier alpha value is -0.730. The highest BCUT2D eigenvalue weighted by atomic mass is 16.4. The fourth-order valence-corrected chi connectivity index (χ4v) is 1.37. The van der Waals surface area contributed by atoms with Gasteiger partial charge in [0.1, 0.15) is 18.3 Å². The van der Waals surface area contributed by atoms with Crippen LogP contribution in [0.2, 0.25) is 0 Å². The van der Waals surface area contributed by atoms with E-state index in [0.29, 0.717) is 6.54 Å². The van der Waals surface area contributed by atoms with Gasteiger partial charge in [-0.15, -0.1) is 0 Å². The molecule has 108 valence electrons. The maximum absolute atomic E-state index is 11.4. The number of unbranched alkanes of at least 4 members (excludes halogenated alkanes) is 2. The highest BCUT2D eigenvalue weighted by Crippen LogP contribution is 2.05. The van der Waals surface area contributed by atoms with Gasteiger partial charge in [-0.25, -0.2) is 0 Å². The summed E-state index contributed by atoms with van der Waals surface area (Å²) in [5.74, 6) is -0.817. The van der Waals surface area contributed by atoms with Gasteiger partial charge in [-0.2, -0.15) is 0 Å². The molecule has 0 aliphatic rings. The zero-order valence-electron chi connectivity index (χ0n) is 10.5. The molecule has 0 aromatic rings. The second-order valence-electron chi connectivity index (χ2n) is 4.17. The van der Waals surface area contributed by atoms with Crippen LogP contribution in [0.15, 0.2) is 0 Å². The Bertz CT molecular complexity index is 238. The number of amides is 1. The van der Waals surface area contributed by atoms with E-state index in [2.05, 4.69) is 5.32 Å². The minimum Gasteiger partial charge on any atom is -0.394 e. The maximum atomic E-state index is 11.4. The average Bonchev–Trinajstić information content (AvgIpc) is 2.39. The van der Waals surface area contributed by atoms with Crippen LogP contribution < -0.4 is 5.32 Å². The molecule has 0 aromatic carbocycles. The summed E-state index contributed by atoms with van der Waals surface area (Å²) in [6, 6.07) is 0. The van der Waals surface area contributed by atoms with Crippen molar-refractivity contribution in [2.24, 2.45) is 0 Å². The number of rotatable bonds is 9. The van der Waals surface area contributed by atoms with E-state index in [1.807, 2.05) is 6.92 Å². The molecule has 0 radical (unpaired) electrons. The van der Waals surface area contributed by atoms with Gasteiger partial charge in [0.2, 0.25) is 0 Å².